The first-order valence-corrected chi connectivity index (χ1v) is 5.18. The molecule has 1 aromatic carbocycles. The fourth-order valence-corrected chi connectivity index (χ4v) is 1.78. The molecule has 0 aromatic heterocycles. The van der Waals surface area contributed by atoms with Gasteiger partial charge in [-0.2, -0.15) is 0 Å². The molecule has 0 saturated carbocycles. The van der Waals surface area contributed by atoms with Gasteiger partial charge in [-0.1, -0.05) is 12.1 Å². The number of hydrogen-bond acceptors (Lipinski definition) is 3. The van der Waals surface area contributed by atoms with Crippen LogP contribution in [0.2, 0.25) is 0 Å². The van der Waals surface area contributed by atoms with E-state index in [1.807, 2.05) is 6.07 Å². The number of rotatable bonds is 2. The minimum Gasteiger partial charge on any atom is -0.370 e. The summed E-state index contributed by atoms with van der Waals surface area (Å²) >= 11 is 0. The standard InChI is InChI=1S/C12H13NO3/c1-9(14)10-4-2-3-5-11(10)13-6-7-16-8-12(13)15/h2-5H,6-8H2,1H3. The lowest BCUT2D eigenvalue weighted by atomic mass is 10.1. The molecule has 16 heavy (non-hydrogen) atoms. The van der Waals surface area contributed by atoms with Crippen molar-refractivity contribution in [2.45, 2.75) is 6.92 Å². The first-order chi connectivity index (χ1) is 7.70. The van der Waals surface area contributed by atoms with Crippen LogP contribution in [0, 0.1) is 0 Å². The number of ketones is 1. The molecule has 4 nitrogen and oxygen atoms in total. The van der Waals surface area contributed by atoms with Gasteiger partial charge < -0.3 is 9.64 Å². The highest BCUT2D eigenvalue weighted by molar-refractivity contribution is 6.05. The Kier molecular flexibility index (Phi) is 3.01. The zero-order valence-electron chi connectivity index (χ0n) is 9.10. The highest BCUT2D eigenvalue weighted by atomic mass is 16.5. The number of Topliss-reactive ketones (excluding diaryl/α,β-unsaturated/α-hetero) is 1. The van der Waals surface area contributed by atoms with Crippen LogP contribution in [0.4, 0.5) is 5.69 Å². The Labute approximate surface area is 93.8 Å². The average molecular weight is 219 g/mol. The smallest absolute Gasteiger partial charge is 0.253 e. The van der Waals surface area contributed by atoms with Crippen LogP contribution < -0.4 is 4.90 Å². The maximum atomic E-state index is 11.7. The Morgan fingerprint density at radius 2 is 2.12 bits per heavy atom. The molecule has 1 fully saturated rings. The average Bonchev–Trinajstić information content (AvgIpc) is 2.29. The Bertz CT molecular complexity index is 428. The van der Waals surface area contributed by atoms with Gasteiger partial charge in [-0.05, 0) is 19.1 Å². The van der Waals surface area contributed by atoms with E-state index < -0.39 is 0 Å². The van der Waals surface area contributed by atoms with Crippen molar-refractivity contribution in [2.75, 3.05) is 24.7 Å². The first-order valence-electron chi connectivity index (χ1n) is 5.18. The van der Waals surface area contributed by atoms with E-state index in [-0.39, 0.29) is 18.3 Å². The molecule has 0 bridgehead atoms. The number of hydrogen-bond donors (Lipinski definition) is 0. The number of morpholine rings is 1. The van der Waals surface area contributed by atoms with Crippen LogP contribution in [0.1, 0.15) is 17.3 Å². The summed E-state index contributed by atoms with van der Waals surface area (Å²) in [6, 6.07) is 7.15. The second-order valence-corrected chi connectivity index (χ2v) is 3.67. The van der Waals surface area contributed by atoms with Gasteiger partial charge in [0.15, 0.2) is 5.78 Å². The second-order valence-electron chi connectivity index (χ2n) is 3.67. The van der Waals surface area contributed by atoms with Crippen LogP contribution in [0.25, 0.3) is 0 Å². The Morgan fingerprint density at radius 1 is 1.38 bits per heavy atom. The summed E-state index contributed by atoms with van der Waals surface area (Å²) in [6.45, 7) is 2.61. The molecule has 0 radical (unpaired) electrons. The molecule has 1 saturated heterocycles. The van der Waals surface area contributed by atoms with Gasteiger partial charge in [0, 0.05) is 12.1 Å². The summed E-state index contributed by atoms with van der Waals surface area (Å²) in [6.07, 6.45) is 0. The Balaban J connectivity index is 2.38. The number of amides is 1. The third-order valence-corrected chi connectivity index (χ3v) is 2.56. The predicted molar refractivity (Wildman–Crippen MR) is 59.6 cm³/mol. The zero-order valence-corrected chi connectivity index (χ0v) is 9.10. The number of ether oxygens (including phenoxy) is 1. The molecule has 1 aliphatic heterocycles. The summed E-state index contributed by atoms with van der Waals surface area (Å²) in [5, 5.41) is 0. The van der Waals surface area contributed by atoms with Crippen LogP contribution in [0.5, 0.6) is 0 Å². The molecule has 1 heterocycles. The van der Waals surface area contributed by atoms with Crippen LogP contribution in [-0.2, 0) is 9.53 Å². The maximum Gasteiger partial charge on any atom is 0.253 e. The number of benzene rings is 1. The number of nitrogens with zero attached hydrogens (tertiary/aromatic N) is 1. The highest BCUT2D eigenvalue weighted by Gasteiger charge is 2.23. The van der Waals surface area contributed by atoms with Crippen molar-refractivity contribution in [3.63, 3.8) is 0 Å². The minimum absolute atomic E-state index is 0.0325. The lowest BCUT2D eigenvalue weighted by molar-refractivity contribution is -0.125. The molecule has 84 valence electrons. The minimum atomic E-state index is -0.0973. The summed E-state index contributed by atoms with van der Waals surface area (Å²) < 4.78 is 5.06. The van der Waals surface area contributed by atoms with Crippen molar-refractivity contribution < 1.29 is 14.3 Å². The van der Waals surface area contributed by atoms with Crippen LogP contribution in [-0.4, -0.2) is 31.4 Å². The fraction of sp³-hybridized carbons (Fsp3) is 0.333. The van der Waals surface area contributed by atoms with Gasteiger partial charge in [0.2, 0.25) is 0 Å². The van der Waals surface area contributed by atoms with Crippen molar-refractivity contribution >= 4 is 17.4 Å². The number of carbonyl (C=O) groups excluding carboxylic acids is 2. The van der Waals surface area contributed by atoms with Gasteiger partial charge in [-0.25, -0.2) is 0 Å². The van der Waals surface area contributed by atoms with Crippen molar-refractivity contribution in [3.05, 3.63) is 29.8 Å². The summed E-state index contributed by atoms with van der Waals surface area (Å²) in [4.78, 5) is 24.7. The van der Waals surface area contributed by atoms with Crippen molar-refractivity contribution in [1.29, 1.82) is 0 Å². The van der Waals surface area contributed by atoms with E-state index in [2.05, 4.69) is 0 Å². The van der Waals surface area contributed by atoms with Gasteiger partial charge in [0.1, 0.15) is 6.61 Å². The van der Waals surface area contributed by atoms with Crippen LogP contribution in [0.3, 0.4) is 0 Å². The van der Waals surface area contributed by atoms with E-state index in [0.717, 1.165) is 0 Å². The number of carbonyl (C=O) groups is 2. The van der Waals surface area contributed by atoms with E-state index in [4.69, 9.17) is 4.74 Å². The molecule has 0 atom stereocenters. The molecule has 1 aromatic rings. The van der Waals surface area contributed by atoms with Crippen LogP contribution in [0.15, 0.2) is 24.3 Å². The molecule has 0 unspecified atom stereocenters. The zero-order chi connectivity index (χ0) is 11.5. The van der Waals surface area contributed by atoms with Gasteiger partial charge in [0.05, 0.1) is 12.3 Å². The number of anilines is 1. The molecular weight excluding hydrogens is 206 g/mol. The van der Waals surface area contributed by atoms with Gasteiger partial charge in [0.25, 0.3) is 5.91 Å². The van der Waals surface area contributed by atoms with E-state index in [1.54, 1.807) is 23.1 Å². The van der Waals surface area contributed by atoms with E-state index in [1.165, 1.54) is 6.92 Å². The van der Waals surface area contributed by atoms with Gasteiger partial charge in [-0.3, -0.25) is 9.59 Å². The van der Waals surface area contributed by atoms with Crippen LogP contribution >= 0.6 is 0 Å². The molecule has 2 rings (SSSR count). The first kappa shape index (κ1) is 10.8. The monoisotopic (exact) mass is 219 g/mol. The fourth-order valence-electron chi connectivity index (χ4n) is 1.78. The highest BCUT2D eigenvalue weighted by Crippen LogP contribution is 2.22. The molecular formula is C12H13NO3. The van der Waals surface area contributed by atoms with E-state index in [9.17, 15) is 9.59 Å². The SMILES string of the molecule is CC(=O)c1ccccc1N1CCOCC1=O. The summed E-state index contributed by atoms with van der Waals surface area (Å²) in [5.74, 6) is -0.130. The molecule has 1 amide bonds. The Morgan fingerprint density at radius 3 is 2.81 bits per heavy atom. The second kappa shape index (κ2) is 4.45. The van der Waals surface area contributed by atoms with Crippen molar-refractivity contribution in [3.8, 4) is 0 Å². The molecule has 1 aliphatic rings. The summed E-state index contributed by atoms with van der Waals surface area (Å²) in [5.41, 5.74) is 1.26. The van der Waals surface area contributed by atoms with Crippen molar-refractivity contribution in [1.82, 2.24) is 0 Å². The predicted octanol–water partition coefficient (Wildman–Crippen LogP) is 1.25. The van der Waals surface area contributed by atoms with E-state index >= 15 is 0 Å². The third kappa shape index (κ3) is 1.97. The third-order valence-electron chi connectivity index (χ3n) is 2.56. The quantitative estimate of drug-likeness (QED) is 0.703. The largest absolute Gasteiger partial charge is 0.370 e. The van der Waals surface area contributed by atoms with Crippen molar-refractivity contribution in [2.24, 2.45) is 0 Å². The lowest BCUT2D eigenvalue weighted by Crippen LogP contribution is -2.42. The molecule has 0 spiro atoms. The van der Waals surface area contributed by atoms with E-state index in [0.29, 0.717) is 24.4 Å². The van der Waals surface area contributed by atoms with Gasteiger partial charge >= 0.3 is 0 Å². The molecule has 4 heteroatoms. The normalized spacial score (nSPS) is 16.3. The summed E-state index contributed by atoms with van der Waals surface area (Å²) in [7, 11) is 0. The van der Waals surface area contributed by atoms with Gasteiger partial charge in [-0.15, -0.1) is 0 Å². The Hall–Kier alpha value is -1.68. The number of para-hydroxylation sites is 1. The molecule has 0 aliphatic carbocycles. The maximum absolute atomic E-state index is 11.7. The molecule has 0 N–H and O–H groups in total. The topological polar surface area (TPSA) is 46.6 Å². The lowest BCUT2D eigenvalue weighted by Gasteiger charge is -2.28.